The Balaban J connectivity index is 1.54. The number of nitrogens with two attached hydrogens (primary N) is 1. The standard InChI is InChI=1S/C32H32Cl2N6O4S/c1-39(45(3,41)42)22-7-4-20(5-8-22)30-28(19-12-14-36-15-13-19)29(31-32(35)37-18-38-40(30)31)21-6-11-26(27(16-21)43-2)44-23-9-10-24(33)25(34)17-23/h4-11,16-19,36H,12-15H2,1-3H3,(H2,35,37,38). The zero-order chi connectivity index (χ0) is 31.9. The van der Waals surface area contributed by atoms with Gasteiger partial charge in [0.25, 0.3) is 0 Å². The van der Waals surface area contributed by atoms with Crippen LogP contribution in [0.3, 0.4) is 0 Å². The van der Waals surface area contributed by atoms with Gasteiger partial charge in [0, 0.05) is 24.2 Å². The number of rotatable bonds is 8. The lowest BCUT2D eigenvalue weighted by Crippen LogP contribution is -2.27. The van der Waals surface area contributed by atoms with Gasteiger partial charge in [-0.3, -0.25) is 4.31 Å². The lowest BCUT2D eigenvalue weighted by molar-refractivity contribution is 0.379. The van der Waals surface area contributed by atoms with Crippen LogP contribution in [-0.2, 0) is 10.0 Å². The molecule has 45 heavy (non-hydrogen) atoms. The second-order valence-electron chi connectivity index (χ2n) is 10.9. The number of methoxy groups -OCH3 is 1. The summed E-state index contributed by atoms with van der Waals surface area (Å²) in [6.45, 7) is 1.74. The number of halogens is 2. The highest BCUT2D eigenvalue weighted by Crippen LogP contribution is 2.47. The first kappa shape index (κ1) is 31.0. The molecule has 0 radical (unpaired) electrons. The molecule has 0 atom stereocenters. The summed E-state index contributed by atoms with van der Waals surface area (Å²) in [6.07, 6.45) is 4.45. The van der Waals surface area contributed by atoms with E-state index in [9.17, 15) is 8.42 Å². The molecule has 0 saturated carbocycles. The van der Waals surface area contributed by atoms with Crippen molar-refractivity contribution in [3.05, 3.63) is 82.6 Å². The van der Waals surface area contributed by atoms with Crippen LogP contribution in [0.4, 0.5) is 11.5 Å². The zero-order valence-electron chi connectivity index (χ0n) is 24.9. The Labute approximate surface area is 271 Å². The van der Waals surface area contributed by atoms with Crippen LogP contribution in [0.5, 0.6) is 17.2 Å². The van der Waals surface area contributed by atoms with E-state index in [-0.39, 0.29) is 5.92 Å². The van der Waals surface area contributed by atoms with Crippen molar-refractivity contribution in [2.45, 2.75) is 18.8 Å². The fraction of sp³-hybridized carbons (Fsp3) is 0.250. The van der Waals surface area contributed by atoms with Gasteiger partial charge in [-0.05, 0) is 79.4 Å². The Morgan fingerprint density at radius 3 is 2.36 bits per heavy atom. The molecule has 3 heterocycles. The van der Waals surface area contributed by atoms with E-state index >= 15 is 0 Å². The molecule has 0 bridgehead atoms. The van der Waals surface area contributed by atoms with Gasteiger partial charge in [0.05, 0.1) is 34.8 Å². The third kappa shape index (κ3) is 6.00. The number of anilines is 2. The van der Waals surface area contributed by atoms with Crippen LogP contribution in [0.15, 0.2) is 67.0 Å². The first-order chi connectivity index (χ1) is 21.6. The average Bonchev–Trinajstić information content (AvgIpc) is 3.39. The van der Waals surface area contributed by atoms with Crippen molar-refractivity contribution in [3.8, 4) is 39.6 Å². The maximum Gasteiger partial charge on any atom is 0.231 e. The molecule has 1 aliphatic heterocycles. The summed E-state index contributed by atoms with van der Waals surface area (Å²) < 4.78 is 39.4. The average molecular weight is 668 g/mol. The van der Waals surface area contributed by atoms with Crippen LogP contribution in [0.25, 0.3) is 27.9 Å². The fourth-order valence-corrected chi connectivity index (χ4v) is 6.60. The molecule has 0 amide bonds. The van der Waals surface area contributed by atoms with E-state index in [2.05, 4.69) is 15.4 Å². The lowest BCUT2D eigenvalue weighted by atomic mass is 9.84. The number of nitrogens with zero attached hydrogens (tertiary/aromatic N) is 4. The van der Waals surface area contributed by atoms with Gasteiger partial charge < -0.3 is 20.5 Å². The van der Waals surface area contributed by atoms with Crippen molar-refractivity contribution in [2.75, 3.05) is 43.5 Å². The highest BCUT2D eigenvalue weighted by molar-refractivity contribution is 7.92. The van der Waals surface area contributed by atoms with Gasteiger partial charge in [-0.25, -0.2) is 17.9 Å². The summed E-state index contributed by atoms with van der Waals surface area (Å²) in [5.74, 6) is 2.06. The monoisotopic (exact) mass is 666 g/mol. The van der Waals surface area contributed by atoms with Gasteiger partial charge in [-0.15, -0.1) is 0 Å². The number of hydrogen-bond acceptors (Lipinski definition) is 8. The number of nitrogens with one attached hydrogen (secondary N) is 1. The molecular weight excluding hydrogens is 635 g/mol. The maximum absolute atomic E-state index is 12.2. The number of nitrogen functional groups attached to an aromatic ring is 1. The van der Waals surface area contributed by atoms with Gasteiger partial charge in [0.2, 0.25) is 10.0 Å². The first-order valence-corrected chi connectivity index (χ1v) is 16.9. The molecule has 6 rings (SSSR count). The minimum absolute atomic E-state index is 0.189. The topological polar surface area (TPSA) is 124 Å². The molecule has 3 aromatic carbocycles. The summed E-state index contributed by atoms with van der Waals surface area (Å²) in [7, 11) is -0.295. The number of ether oxygens (including phenoxy) is 2. The normalized spacial score (nSPS) is 14.1. The third-order valence-corrected chi connectivity index (χ3v) is 10.1. The van der Waals surface area contributed by atoms with E-state index in [1.54, 1.807) is 37.4 Å². The predicted molar refractivity (Wildman–Crippen MR) is 179 cm³/mol. The summed E-state index contributed by atoms with van der Waals surface area (Å²) in [5, 5.41) is 8.95. The molecule has 0 unspecified atom stereocenters. The van der Waals surface area contributed by atoms with E-state index in [0.717, 1.165) is 53.9 Å². The van der Waals surface area contributed by atoms with E-state index in [1.165, 1.54) is 23.9 Å². The SMILES string of the molecule is COc1cc(-c2c(C3CCNCC3)c(-c3ccc(N(C)S(C)(=O)=O)cc3)n3ncnc(N)c23)ccc1Oc1ccc(Cl)c(Cl)c1. The Hall–Kier alpha value is -4.03. The summed E-state index contributed by atoms with van der Waals surface area (Å²) in [6, 6.07) is 18.2. The van der Waals surface area contributed by atoms with E-state index in [0.29, 0.717) is 44.3 Å². The van der Waals surface area contributed by atoms with Crippen molar-refractivity contribution < 1.29 is 17.9 Å². The lowest BCUT2D eigenvalue weighted by Gasteiger charge is -2.25. The van der Waals surface area contributed by atoms with Crippen molar-refractivity contribution in [3.63, 3.8) is 0 Å². The number of piperidine rings is 1. The van der Waals surface area contributed by atoms with Gasteiger partial charge in [-0.1, -0.05) is 41.4 Å². The highest BCUT2D eigenvalue weighted by Gasteiger charge is 2.30. The van der Waals surface area contributed by atoms with E-state index < -0.39 is 10.0 Å². The maximum atomic E-state index is 12.2. The van der Waals surface area contributed by atoms with Crippen molar-refractivity contribution in [1.29, 1.82) is 0 Å². The number of aromatic nitrogens is 3. The van der Waals surface area contributed by atoms with Crippen LogP contribution < -0.4 is 24.8 Å². The molecule has 5 aromatic rings. The molecule has 10 nitrogen and oxygen atoms in total. The van der Waals surface area contributed by atoms with Gasteiger partial charge in [0.15, 0.2) is 17.3 Å². The van der Waals surface area contributed by atoms with Crippen molar-refractivity contribution in [1.82, 2.24) is 19.9 Å². The predicted octanol–water partition coefficient (Wildman–Crippen LogP) is 6.62. The van der Waals surface area contributed by atoms with Crippen LogP contribution >= 0.6 is 23.2 Å². The number of hydrogen-bond donors (Lipinski definition) is 2. The molecule has 3 N–H and O–H groups in total. The largest absolute Gasteiger partial charge is 0.493 e. The Bertz CT molecular complexity index is 1990. The third-order valence-electron chi connectivity index (χ3n) is 8.11. The molecule has 1 fully saturated rings. The van der Waals surface area contributed by atoms with E-state index in [4.69, 9.17) is 38.4 Å². The van der Waals surface area contributed by atoms with Crippen molar-refractivity contribution >= 4 is 50.2 Å². The van der Waals surface area contributed by atoms with Crippen LogP contribution in [0.2, 0.25) is 10.0 Å². The molecule has 234 valence electrons. The van der Waals surface area contributed by atoms with E-state index in [1.807, 2.05) is 34.8 Å². The quantitative estimate of drug-likeness (QED) is 0.189. The first-order valence-electron chi connectivity index (χ1n) is 14.3. The van der Waals surface area contributed by atoms with Gasteiger partial charge in [-0.2, -0.15) is 5.10 Å². The molecule has 2 aromatic heterocycles. The Kier molecular flexibility index (Phi) is 8.53. The number of fused-ring (bicyclic) bond motifs is 1. The molecule has 1 saturated heterocycles. The smallest absolute Gasteiger partial charge is 0.231 e. The van der Waals surface area contributed by atoms with Gasteiger partial charge >= 0.3 is 0 Å². The molecular formula is C32H32Cl2N6O4S. The molecule has 13 heteroatoms. The van der Waals surface area contributed by atoms with Crippen molar-refractivity contribution in [2.24, 2.45) is 0 Å². The Morgan fingerprint density at radius 1 is 0.978 bits per heavy atom. The molecule has 1 aliphatic rings. The van der Waals surface area contributed by atoms with Crippen LogP contribution in [-0.4, -0.2) is 56.5 Å². The van der Waals surface area contributed by atoms with Crippen LogP contribution in [0.1, 0.15) is 24.3 Å². The second kappa shape index (κ2) is 12.4. The Morgan fingerprint density at radius 2 is 1.69 bits per heavy atom. The molecule has 0 aliphatic carbocycles. The minimum atomic E-state index is -3.42. The zero-order valence-corrected chi connectivity index (χ0v) is 27.2. The number of benzene rings is 3. The summed E-state index contributed by atoms with van der Waals surface area (Å²) in [4.78, 5) is 4.36. The summed E-state index contributed by atoms with van der Waals surface area (Å²) in [5.41, 5.74) is 12.4. The fourth-order valence-electron chi connectivity index (χ4n) is 5.80. The number of sulfonamides is 1. The van der Waals surface area contributed by atoms with Crippen LogP contribution in [0, 0.1) is 0 Å². The minimum Gasteiger partial charge on any atom is -0.493 e. The second-order valence-corrected chi connectivity index (χ2v) is 13.7. The highest BCUT2D eigenvalue weighted by atomic mass is 35.5. The summed E-state index contributed by atoms with van der Waals surface area (Å²) >= 11 is 12.3. The van der Waals surface area contributed by atoms with Gasteiger partial charge in [0.1, 0.15) is 17.6 Å². The molecule has 0 spiro atoms.